The van der Waals surface area contributed by atoms with E-state index in [4.69, 9.17) is 0 Å². The summed E-state index contributed by atoms with van der Waals surface area (Å²) in [5.74, 6) is 0.672. The van der Waals surface area contributed by atoms with E-state index in [9.17, 15) is 9.59 Å². The fourth-order valence-electron chi connectivity index (χ4n) is 3.43. The predicted molar refractivity (Wildman–Crippen MR) is 109 cm³/mol. The molecule has 142 valence electrons. The van der Waals surface area contributed by atoms with E-state index < -0.39 is 0 Å². The summed E-state index contributed by atoms with van der Waals surface area (Å²) in [7, 11) is 0. The zero-order valence-electron chi connectivity index (χ0n) is 16.6. The summed E-state index contributed by atoms with van der Waals surface area (Å²) in [4.78, 5) is 23.7. The Morgan fingerprint density at radius 2 is 1.92 bits per heavy atom. The Labute approximate surface area is 156 Å². The molecule has 0 bridgehead atoms. The summed E-state index contributed by atoms with van der Waals surface area (Å²) in [5.41, 5.74) is 0.822. The minimum Gasteiger partial charge on any atom is -0.295 e. The molecule has 0 spiro atoms. The van der Waals surface area contributed by atoms with E-state index in [2.05, 4.69) is 11.7 Å². The molecule has 1 heterocycles. The molecule has 1 fully saturated rings. The number of hydrogen-bond acceptors (Lipinski definition) is 3. The van der Waals surface area contributed by atoms with E-state index in [0.29, 0.717) is 11.3 Å². The number of ketones is 1. The van der Waals surface area contributed by atoms with E-state index in [1.165, 1.54) is 12.3 Å². The normalized spacial score (nSPS) is 18.8. The third kappa shape index (κ3) is 5.38. The van der Waals surface area contributed by atoms with Crippen LogP contribution in [0.15, 0.2) is 47.9 Å². The van der Waals surface area contributed by atoms with Gasteiger partial charge in [0.2, 0.25) is 5.43 Å². The third-order valence-electron chi connectivity index (χ3n) is 4.58. The number of rotatable bonds is 4. The third-order valence-corrected chi connectivity index (χ3v) is 4.58. The highest BCUT2D eigenvalue weighted by atomic mass is 16.1. The Morgan fingerprint density at radius 3 is 2.62 bits per heavy atom. The summed E-state index contributed by atoms with van der Waals surface area (Å²) in [6, 6.07) is 7.55. The van der Waals surface area contributed by atoms with Crippen molar-refractivity contribution < 1.29 is 4.79 Å². The maximum Gasteiger partial charge on any atom is 0.207 e. The minimum atomic E-state index is -0.0461. The number of carbonyl (C=O) groups is 1. The Bertz CT molecular complexity index is 764. The molecular formula is C22H32N2O2. The van der Waals surface area contributed by atoms with Crippen molar-refractivity contribution in [2.45, 2.75) is 59.9 Å². The number of carbonyl (C=O) groups excluding carboxylic acids is 1. The van der Waals surface area contributed by atoms with E-state index in [0.717, 1.165) is 37.7 Å². The molecule has 1 aliphatic carbocycles. The maximum absolute atomic E-state index is 11.9. The molecule has 2 unspecified atom stereocenters. The molecule has 26 heavy (non-hydrogen) atoms. The van der Waals surface area contributed by atoms with Gasteiger partial charge in [-0.25, -0.2) is 0 Å². The van der Waals surface area contributed by atoms with Crippen LogP contribution in [0, 0.1) is 11.8 Å². The van der Waals surface area contributed by atoms with Gasteiger partial charge < -0.3 is 0 Å². The molecule has 1 aromatic heterocycles. The van der Waals surface area contributed by atoms with Crippen LogP contribution in [-0.4, -0.2) is 15.6 Å². The van der Waals surface area contributed by atoms with Crippen molar-refractivity contribution in [3.8, 4) is 0 Å². The summed E-state index contributed by atoms with van der Waals surface area (Å²) < 4.78 is 1.90. The van der Waals surface area contributed by atoms with Gasteiger partial charge in [-0.15, -0.1) is 0 Å². The van der Waals surface area contributed by atoms with Gasteiger partial charge in [0.25, 0.3) is 0 Å². The highest BCUT2D eigenvalue weighted by Crippen LogP contribution is 2.31. The molecular weight excluding hydrogens is 324 g/mol. The lowest BCUT2D eigenvalue weighted by atomic mass is 9.79. The average molecular weight is 357 g/mol. The van der Waals surface area contributed by atoms with Crippen LogP contribution in [0.3, 0.4) is 0 Å². The molecule has 1 aromatic carbocycles. The van der Waals surface area contributed by atoms with Crippen LogP contribution in [0.2, 0.25) is 0 Å². The van der Waals surface area contributed by atoms with Crippen molar-refractivity contribution >= 4 is 16.7 Å². The number of allylic oxidation sites excluding steroid dienone is 1. The molecule has 2 atom stereocenters. The molecule has 2 aromatic rings. The summed E-state index contributed by atoms with van der Waals surface area (Å²) >= 11 is 0. The second-order valence-electron chi connectivity index (χ2n) is 6.04. The SMILES string of the molecule is C=CC(=O)C1CCCC(Cn2ncc(=O)c3ccccc32)C1.CC.CC. The van der Waals surface area contributed by atoms with Crippen molar-refractivity contribution in [2.75, 3.05) is 0 Å². The predicted octanol–water partition coefficient (Wildman–Crippen LogP) is 5.01. The highest BCUT2D eigenvalue weighted by Gasteiger charge is 2.26. The van der Waals surface area contributed by atoms with Crippen LogP contribution in [0.1, 0.15) is 53.4 Å². The average Bonchev–Trinajstić information content (AvgIpc) is 2.73. The second kappa shape index (κ2) is 11.4. The van der Waals surface area contributed by atoms with Crippen LogP contribution in [0.25, 0.3) is 10.9 Å². The lowest BCUT2D eigenvalue weighted by molar-refractivity contribution is -0.119. The summed E-state index contributed by atoms with van der Waals surface area (Å²) in [6.45, 7) is 12.3. The monoisotopic (exact) mass is 356 g/mol. The van der Waals surface area contributed by atoms with Crippen LogP contribution >= 0.6 is 0 Å². The van der Waals surface area contributed by atoms with Gasteiger partial charge in [0.15, 0.2) is 5.78 Å². The smallest absolute Gasteiger partial charge is 0.207 e. The van der Waals surface area contributed by atoms with Gasteiger partial charge in [-0.05, 0) is 43.4 Å². The Balaban J connectivity index is 0.000000791. The zero-order chi connectivity index (χ0) is 19.5. The van der Waals surface area contributed by atoms with Gasteiger partial charge in [0.1, 0.15) is 0 Å². The molecule has 0 radical (unpaired) electrons. The number of hydrogen-bond donors (Lipinski definition) is 0. The van der Waals surface area contributed by atoms with E-state index in [1.807, 2.05) is 56.6 Å². The van der Waals surface area contributed by atoms with Crippen molar-refractivity contribution in [2.24, 2.45) is 11.8 Å². The Morgan fingerprint density at radius 1 is 1.23 bits per heavy atom. The van der Waals surface area contributed by atoms with E-state index in [1.54, 1.807) is 0 Å². The first kappa shape index (κ1) is 21.8. The molecule has 1 saturated carbocycles. The van der Waals surface area contributed by atoms with E-state index in [-0.39, 0.29) is 17.1 Å². The van der Waals surface area contributed by atoms with Crippen LogP contribution in [0.5, 0.6) is 0 Å². The number of para-hydroxylation sites is 1. The van der Waals surface area contributed by atoms with Gasteiger partial charge in [-0.1, -0.05) is 52.8 Å². The number of aromatic nitrogens is 2. The Hall–Kier alpha value is -2.23. The van der Waals surface area contributed by atoms with Crippen LogP contribution in [-0.2, 0) is 11.3 Å². The van der Waals surface area contributed by atoms with Crippen molar-refractivity contribution in [1.82, 2.24) is 9.78 Å². The van der Waals surface area contributed by atoms with Crippen molar-refractivity contribution in [1.29, 1.82) is 0 Å². The van der Waals surface area contributed by atoms with Gasteiger partial charge in [0.05, 0.1) is 11.7 Å². The molecule has 0 amide bonds. The number of fused-ring (bicyclic) bond motifs is 1. The Kier molecular flexibility index (Phi) is 9.56. The summed E-state index contributed by atoms with van der Waals surface area (Å²) in [6.07, 6.45) is 6.83. The zero-order valence-corrected chi connectivity index (χ0v) is 16.6. The molecule has 0 aliphatic heterocycles. The second-order valence-corrected chi connectivity index (χ2v) is 6.04. The van der Waals surface area contributed by atoms with Crippen molar-refractivity contribution in [3.05, 3.63) is 53.3 Å². The molecule has 0 saturated heterocycles. The maximum atomic E-state index is 11.9. The van der Waals surface area contributed by atoms with Crippen LogP contribution in [0.4, 0.5) is 0 Å². The highest BCUT2D eigenvalue weighted by molar-refractivity contribution is 5.91. The standard InChI is InChI=1S/C18H20N2O2.2C2H6/c1-2-17(21)14-7-5-6-13(10-14)12-20-16-9-4-3-8-15(16)18(22)11-19-20;2*1-2/h2-4,8-9,11,13-14H,1,5-7,10,12H2;2*1-2H3. The van der Waals surface area contributed by atoms with Crippen molar-refractivity contribution in [3.63, 3.8) is 0 Å². The molecule has 3 rings (SSSR count). The fourth-order valence-corrected chi connectivity index (χ4v) is 3.43. The lowest BCUT2D eigenvalue weighted by Gasteiger charge is -2.28. The topological polar surface area (TPSA) is 52.0 Å². The lowest BCUT2D eigenvalue weighted by Crippen LogP contribution is -2.26. The van der Waals surface area contributed by atoms with E-state index >= 15 is 0 Å². The number of benzene rings is 1. The van der Waals surface area contributed by atoms with Gasteiger partial charge in [0, 0.05) is 17.8 Å². The largest absolute Gasteiger partial charge is 0.295 e. The first-order valence-corrected chi connectivity index (χ1v) is 9.80. The quantitative estimate of drug-likeness (QED) is 0.724. The molecule has 1 aliphatic rings. The van der Waals surface area contributed by atoms with Gasteiger partial charge in [-0.3, -0.25) is 14.3 Å². The molecule has 0 N–H and O–H groups in total. The number of nitrogens with zero attached hydrogens (tertiary/aromatic N) is 2. The summed E-state index contributed by atoms with van der Waals surface area (Å²) in [5, 5.41) is 4.99. The minimum absolute atomic E-state index is 0.0461. The van der Waals surface area contributed by atoms with Gasteiger partial charge >= 0.3 is 0 Å². The van der Waals surface area contributed by atoms with Crippen LogP contribution < -0.4 is 5.43 Å². The van der Waals surface area contributed by atoms with Gasteiger partial charge in [-0.2, -0.15) is 5.10 Å². The fraction of sp³-hybridized carbons (Fsp3) is 0.500. The first-order chi connectivity index (χ1) is 12.7. The molecule has 4 heteroatoms. The molecule has 4 nitrogen and oxygen atoms in total. The first-order valence-electron chi connectivity index (χ1n) is 9.80.